The van der Waals surface area contributed by atoms with Gasteiger partial charge in [0.05, 0.1) is 17.4 Å². The zero-order valence-electron chi connectivity index (χ0n) is 10.4. The van der Waals surface area contributed by atoms with Crippen molar-refractivity contribution in [3.8, 4) is 0 Å². The zero-order valence-corrected chi connectivity index (χ0v) is 11.2. The van der Waals surface area contributed by atoms with Crippen molar-refractivity contribution in [1.29, 1.82) is 0 Å². The smallest absolute Gasteiger partial charge is 0.163 e. The summed E-state index contributed by atoms with van der Waals surface area (Å²) in [5.41, 5.74) is 3.62. The minimum Gasteiger partial charge on any atom is -0.368 e. The molecule has 2 aromatic heterocycles. The Morgan fingerprint density at radius 2 is 2.33 bits per heavy atom. The number of nitrogens with one attached hydrogen (secondary N) is 1. The van der Waals surface area contributed by atoms with E-state index in [0.29, 0.717) is 5.92 Å². The summed E-state index contributed by atoms with van der Waals surface area (Å²) in [5, 5.41) is 3.36. The molecular formula is C13H16N4S. The average molecular weight is 260 g/mol. The number of pyridine rings is 1. The van der Waals surface area contributed by atoms with Gasteiger partial charge in [-0.2, -0.15) is 8.75 Å². The zero-order chi connectivity index (χ0) is 12.4. The minimum absolute atomic E-state index is 0.319. The van der Waals surface area contributed by atoms with E-state index < -0.39 is 0 Å². The van der Waals surface area contributed by atoms with E-state index in [1.807, 2.05) is 12.3 Å². The maximum atomic E-state index is 4.53. The molecule has 2 aromatic rings. The third kappa shape index (κ3) is 1.99. The van der Waals surface area contributed by atoms with Gasteiger partial charge < -0.3 is 5.32 Å². The molecule has 3 rings (SSSR count). The van der Waals surface area contributed by atoms with Crippen molar-refractivity contribution in [3.63, 3.8) is 0 Å². The molecule has 0 saturated heterocycles. The summed E-state index contributed by atoms with van der Waals surface area (Å²) in [4.78, 5) is 4.53. The van der Waals surface area contributed by atoms with Crippen molar-refractivity contribution in [2.24, 2.45) is 0 Å². The number of rotatable bonds is 4. The summed E-state index contributed by atoms with van der Waals surface area (Å²) in [6, 6.07) is 4.18. The van der Waals surface area contributed by atoms with E-state index in [1.165, 1.54) is 23.0 Å². The molecule has 0 aliphatic heterocycles. The van der Waals surface area contributed by atoms with Crippen LogP contribution in [0.15, 0.2) is 18.3 Å². The van der Waals surface area contributed by atoms with Gasteiger partial charge in [-0.3, -0.25) is 4.98 Å². The molecule has 94 valence electrons. The second-order valence-electron chi connectivity index (χ2n) is 4.56. The molecule has 0 aromatic carbocycles. The van der Waals surface area contributed by atoms with E-state index in [1.54, 1.807) is 0 Å². The number of fused-ring (bicyclic) bond motifs is 1. The number of hydrogen-bond acceptors (Lipinski definition) is 5. The largest absolute Gasteiger partial charge is 0.368 e. The first-order chi connectivity index (χ1) is 8.90. The van der Waals surface area contributed by atoms with Crippen molar-refractivity contribution in [3.05, 3.63) is 35.3 Å². The maximum absolute atomic E-state index is 4.53. The molecule has 1 aliphatic rings. The highest BCUT2D eigenvalue weighted by Crippen LogP contribution is 2.38. The fourth-order valence-corrected chi connectivity index (χ4v) is 3.05. The van der Waals surface area contributed by atoms with Crippen molar-refractivity contribution >= 4 is 17.5 Å². The molecule has 5 heteroatoms. The van der Waals surface area contributed by atoms with Crippen LogP contribution in [0, 0.1) is 0 Å². The quantitative estimate of drug-likeness (QED) is 0.918. The summed E-state index contributed by atoms with van der Waals surface area (Å²) < 4.78 is 8.84. The fourth-order valence-electron chi connectivity index (χ4n) is 2.47. The molecule has 0 fully saturated rings. The number of anilines is 1. The lowest BCUT2D eigenvalue weighted by atomic mass is 10.0. The fraction of sp³-hybridized carbons (Fsp3) is 0.462. The Labute approximate surface area is 111 Å². The second-order valence-corrected chi connectivity index (χ2v) is 5.09. The number of nitrogens with zero attached hydrogens (tertiary/aromatic N) is 3. The normalized spacial score (nSPS) is 17.7. The molecule has 4 nitrogen and oxygen atoms in total. The summed E-state index contributed by atoms with van der Waals surface area (Å²) in [7, 11) is 0. The summed E-state index contributed by atoms with van der Waals surface area (Å²) in [5.74, 6) is 1.27. The number of aryl methyl sites for hydroxylation is 1. The first-order valence-corrected chi connectivity index (χ1v) is 7.13. The Bertz CT molecular complexity index is 537. The highest BCUT2D eigenvalue weighted by atomic mass is 32.1. The molecule has 0 amide bonds. The van der Waals surface area contributed by atoms with E-state index in [2.05, 4.69) is 32.0 Å². The molecule has 1 N–H and O–H groups in total. The van der Waals surface area contributed by atoms with Crippen LogP contribution in [0.3, 0.4) is 0 Å². The van der Waals surface area contributed by atoms with Crippen LogP contribution in [0.5, 0.6) is 0 Å². The Morgan fingerprint density at radius 3 is 3.22 bits per heavy atom. The molecule has 0 spiro atoms. The van der Waals surface area contributed by atoms with Gasteiger partial charge in [-0.15, -0.1) is 0 Å². The molecule has 1 unspecified atom stereocenters. The molecule has 1 atom stereocenters. The summed E-state index contributed by atoms with van der Waals surface area (Å²) >= 11 is 1.29. The van der Waals surface area contributed by atoms with Crippen LogP contribution in [0.2, 0.25) is 0 Å². The van der Waals surface area contributed by atoms with Gasteiger partial charge in [-0.1, -0.05) is 13.0 Å². The summed E-state index contributed by atoms with van der Waals surface area (Å²) in [6.45, 7) is 3.10. The Morgan fingerprint density at radius 1 is 1.39 bits per heavy atom. The van der Waals surface area contributed by atoms with Crippen molar-refractivity contribution in [1.82, 2.24) is 13.7 Å². The van der Waals surface area contributed by atoms with Crippen LogP contribution in [-0.2, 0) is 6.42 Å². The third-order valence-corrected chi connectivity index (χ3v) is 3.89. The second kappa shape index (κ2) is 5.02. The molecule has 0 saturated carbocycles. The van der Waals surface area contributed by atoms with Gasteiger partial charge in [0.2, 0.25) is 0 Å². The standard InChI is InChI=1S/C13H16N4S/c1-2-7-15-13-12(16-18-17-13)10-6-5-9-4-3-8-14-11(9)10/h3-4,8,10H,2,5-7H2,1H3,(H,15,17). The lowest BCUT2D eigenvalue weighted by Crippen LogP contribution is -2.06. The van der Waals surface area contributed by atoms with Gasteiger partial charge in [-0.25, -0.2) is 0 Å². The van der Waals surface area contributed by atoms with Crippen LogP contribution >= 0.6 is 11.7 Å². The molecule has 1 aliphatic carbocycles. The third-order valence-electron chi connectivity index (χ3n) is 3.34. The van der Waals surface area contributed by atoms with Crippen molar-refractivity contribution < 1.29 is 0 Å². The van der Waals surface area contributed by atoms with E-state index in [9.17, 15) is 0 Å². The van der Waals surface area contributed by atoms with E-state index in [0.717, 1.165) is 37.3 Å². The SMILES string of the molecule is CCCNc1nsnc1C1CCc2cccnc21. The topological polar surface area (TPSA) is 50.7 Å². The molecule has 0 bridgehead atoms. The number of hydrogen-bond donors (Lipinski definition) is 1. The first kappa shape index (κ1) is 11.6. The maximum Gasteiger partial charge on any atom is 0.163 e. The van der Waals surface area contributed by atoms with Crippen molar-refractivity contribution in [2.45, 2.75) is 32.1 Å². The van der Waals surface area contributed by atoms with Gasteiger partial charge in [0, 0.05) is 18.7 Å². The Kier molecular flexibility index (Phi) is 3.23. The van der Waals surface area contributed by atoms with Crippen LogP contribution in [0.1, 0.15) is 42.6 Å². The van der Waals surface area contributed by atoms with Gasteiger partial charge in [-0.05, 0) is 30.9 Å². The molecule has 0 radical (unpaired) electrons. The van der Waals surface area contributed by atoms with E-state index in [-0.39, 0.29) is 0 Å². The molecule has 2 heterocycles. The lowest BCUT2D eigenvalue weighted by Gasteiger charge is -2.10. The summed E-state index contributed by atoms with van der Waals surface area (Å²) in [6.07, 6.45) is 5.16. The monoisotopic (exact) mass is 260 g/mol. The Balaban J connectivity index is 1.90. The Hall–Kier alpha value is -1.49. The van der Waals surface area contributed by atoms with Crippen LogP contribution in [0.25, 0.3) is 0 Å². The molecule has 18 heavy (non-hydrogen) atoms. The first-order valence-electron chi connectivity index (χ1n) is 6.40. The minimum atomic E-state index is 0.319. The average Bonchev–Trinajstić information content (AvgIpc) is 3.02. The number of aromatic nitrogens is 3. The predicted molar refractivity (Wildman–Crippen MR) is 73.1 cm³/mol. The van der Waals surface area contributed by atoms with E-state index >= 15 is 0 Å². The molecular weight excluding hydrogens is 244 g/mol. The van der Waals surface area contributed by atoms with Crippen molar-refractivity contribution in [2.75, 3.05) is 11.9 Å². The van der Waals surface area contributed by atoms with Crippen LogP contribution in [0.4, 0.5) is 5.82 Å². The van der Waals surface area contributed by atoms with Gasteiger partial charge >= 0.3 is 0 Å². The van der Waals surface area contributed by atoms with Gasteiger partial charge in [0.25, 0.3) is 0 Å². The highest BCUT2D eigenvalue weighted by Gasteiger charge is 2.29. The lowest BCUT2D eigenvalue weighted by molar-refractivity contribution is 0.754. The predicted octanol–water partition coefficient (Wildman–Crippen LogP) is 2.83. The highest BCUT2D eigenvalue weighted by molar-refractivity contribution is 6.99. The van der Waals surface area contributed by atoms with Crippen LogP contribution in [-0.4, -0.2) is 20.3 Å². The van der Waals surface area contributed by atoms with Gasteiger partial charge in [0.15, 0.2) is 5.82 Å². The van der Waals surface area contributed by atoms with Gasteiger partial charge in [0.1, 0.15) is 5.69 Å². The van der Waals surface area contributed by atoms with E-state index in [4.69, 9.17) is 0 Å². The van der Waals surface area contributed by atoms with Crippen LogP contribution < -0.4 is 5.32 Å².